The van der Waals surface area contributed by atoms with Crippen molar-refractivity contribution in [2.24, 2.45) is 0 Å². The Morgan fingerprint density at radius 2 is 1.62 bits per heavy atom. The molecule has 24 heavy (non-hydrogen) atoms. The van der Waals surface area contributed by atoms with Crippen molar-refractivity contribution in [3.8, 4) is 11.5 Å². The van der Waals surface area contributed by atoms with Crippen LogP contribution in [0, 0.1) is 0 Å². The molecule has 2 N–H and O–H groups in total. The van der Waals surface area contributed by atoms with Gasteiger partial charge in [0.1, 0.15) is 17.5 Å². The van der Waals surface area contributed by atoms with Crippen molar-refractivity contribution in [3.63, 3.8) is 0 Å². The zero-order valence-corrected chi connectivity index (χ0v) is 13.9. The van der Waals surface area contributed by atoms with Crippen LogP contribution in [0.2, 0.25) is 0 Å². The van der Waals surface area contributed by atoms with Crippen molar-refractivity contribution >= 4 is 11.8 Å². The van der Waals surface area contributed by atoms with E-state index in [4.69, 9.17) is 4.74 Å². The standard InChI is InChI=1S/C19H22N2O3/c1-3-13-20-18(22)14(2)21-19(23)15-9-11-17(12-10-15)24-16-7-5-4-6-8-16/h4-12,14H,3,13H2,1-2H3,(H,20,22)(H,21,23)/t14-/m1/s1. The van der Waals surface area contributed by atoms with Gasteiger partial charge in [0.05, 0.1) is 0 Å². The van der Waals surface area contributed by atoms with Crippen molar-refractivity contribution in [1.82, 2.24) is 10.6 Å². The molecule has 0 saturated carbocycles. The number of ether oxygens (including phenoxy) is 1. The van der Waals surface area contributed by atoms with Gasteiger partial charge in [0.2, 0.25) is 5.91 Å². The normalized spacial score (nSPS) is 11.4. The summed E-state index contributed by atoms with van der Waals surface area (Å²) in [6.45, 7) is 4.24. The van der Waals surface area contributed by atoms with E-state index in [1.54, 1.807) is 31.2 Å². The van der Waals surface area contributed by atoms with E-state index in [0.717, 1.165) is 12.2 Å². The van der Waals surface area contributed by atoms with Crippen LogP contribution in [0.5, 0.6) is 11.5 Å². The van der Waals surface area contributed by atoms with Crippen LogP contribution < -0.4 is 15.4 Å². The summed E-state index contributed by atoms with van der Waals surface area (Å²) < 4.78 is 5.68. The Bertz CT molecular complexity index is 669. The SMILES string of the molecule is CCCNC(=O)[C@@H](C)NC(=O)c1ccc(Oc2ccccc2)cc1. The average Bonchev–Trinajstić information content (AvgIpc) is 2.61. The fourth-order valence-corrected chi connectivity index (χ4v) is 2.05. The summed E-state index contributed by atoms with van der Waals surface area (Å²) in [6.07, 6.45) is 0.856. The molecule has 0 bridgehead atoms. The Balaban J connectivity index is 1.92. The molecule has 2 aromatic carbocycles. The predicted octanol–water partition coefficient (Wildman–Crippen LogP) is 3.12. The quantitative estimate of drug-likeness (QED) is 0.821. The highest BCUT2D eigenvalue weighted by atomic mass is 16.5. The fraction of sp³-hybridized carbons (Fsp3) is 0.263. The highest BCUT2D eigenvalue weighted by Crippen LogP contribution is 2.21. The number of nitrogens with one attached hydrogen (secondary N) is 2. The molecule has 0 aromatic heterocycles. The van der Waals surface area contributed by atoms with E-state index in [1.807, 2.05) is 37.3 Å². The average molecular weight is 326 g/mol. The summed E-state index contributed by atoms with van der Waals surface area (Å²) in [4.78, 5) is 24.0. The van der Waals surface area contributed by atoms with Gasteiger partial charge >= 0.3 is 0 Å². The van der Waals surface area contributed by atoms with Gasteiger partial charge in [-0.2, -0.15) is 0 Å². The van der Waals surface area contributed by atoms with Crippen LogP contribution in [-0.4, -0.2) is 24.4 Å². The van der Waals surface area contributed by atoms with Crippen molar-refractivity contribution < 1.29 is 14.3 Å². The minimum Gasteiger partial charge on any atom is -0.457 e. The summed E-state index contributed by atoms with van der Waals surface area (Å²) >= 11 is 0. The molecule has 0 unspecified atom stereocenters. The molecular formula is C19H22N2O3. The number of benzene rings is 2. The molecule has 0 radical (unpaired) electrons. The Labute approximate surface area is 142 Å². The predicted molar refractivity (Wildman–Crippen MR) is 93.2 cm³/mol. The van der Waals surface area contributed by atoms with Crippen LogP contribution in [0.15, 0.2) is 54.6 Å². The molecule has 0 heterocycles. The molecule has 2 amide bonds. The van der Waals surface area contributed by atoms with Crippen LogP contribution in [0.4, 0.5) is 0 Å². The molecule has 5 nitrogen and oxygen atoms in total. The van der Waals surface area contributed by atoms with Gasteiger partial charge in [0.25, 0.3) is 5.91 Å². The van der Waals surface area contributed by atoms with Gasteiger partial charge < -0.3 is 15.4 Å². The van der Waals surface area contributed by atoms with E-state index in [1.165, 1.54) is 0 Å². The Kier molecular flexibility index (Phi) is 6.37. The molecule has 1 atom stereocenters. The van der Waals surface area contributed by atoms with Gasteiger partial charge in [-0.15, -0.1) is 0 Å². The largest absolute Gasteiger partial charge is 0.457 e. The van der Waals surface area contributed by atoms with E-state index in [9.17, 15) is 9.59 Å². The first-order chi connectivity index (χ1) is 11.6. The Hall–Kier alpha value is -2.82. The summed E-state index contributed by atoms with van der Waals surface area (Å²) in [5.74, 6) is 0.900. The maximum atomic E-state index is 12.2. The number of carbonyl (C=O) groups is 2. The third-order valence-corrected chi connectivity index (χ3v) is 3.39. The number of rotatable bonds is 7. The second kappa shape index (κ2) is 8.72. The second-order valence-corrected chi connectivity index (χ2v) is 5.43. The van der Waals surface area contributed by atoms with Crippen LogP contribution in [0.3, 0.4) is 0 Å². The van der Waals surface area contributed by atoms with Gasteiger partial charge in [-0.1, -0.05) is 25.1 Å². The lowest BCUT2D eigenvalue weighted by molar-refractivity contribution is -0.122. The first-order valence-electron chi connectivity index (χ1n) is 8.01. The fourth-order valence-electron chi connectivity index (χ4n) is 2.05. The number of amides is 2. The van der Waals surface area contributed by atoms with Crippen LogP contribution in [0.25, 0.3) is 0 Å². The van der Waals surface area contributed by atoms with Gasteiger partial charge in [-0.25, -0.2) is 0 Å². The van der Waals surface area contributed by atoms with Gasteiger partial charge in [0, 0.05) is 12.1 Å². The zero-order valence-electron chi connectivity index (χ0n) is 13.9. The van der Waals surface area contributed by atoms with Crippen molar-refractivity contribution in [3.05, 3.63) is 60.2 Å². The van der Waals surface area contributed by atoms with Gasteiger partial charge in [0.15, 0.2) is 0 Å². The number of hydrogen-bond acceptors (Lipinski definition) is 3. The monoisotopic (exact) mass is 326 g/mol. The number of hydrogen-bond donors (Lipinski definition) is 2. The third kappa shape index (κ3) is 5.12. The highest BCUT2D eigenvalue weighted by Gasteiger charge is 2.16. The molecule has 0 aliphatic heterocycles. The van der Waals surface area contributed by atoms with Crippen molar-refractivity contribution in [2.75, 3.05) is 6.54 Å². The Morgan fingerprint density at radius 3 is 2.25 bits per heavy atom. The molecule has 2 aromatic rings. The van der Waals surface area contributed by atoms with Gasteiger partial charge in [-0.3, -0.25) is 9.59 Å². The van der Waals surface area contributed by atoms with E-state index in [0.29, 0.717) is 17.9 Å². The number of carbonyl (C=O) groups excluding carboxylic acids is 2. The van der Waals surface area contributed by atoms with Crippen LogP contribution >= 0.6 is 0 Å². The lowest BCUT2D eigenvalue weighted by Gasteiger charge is -2.14. The Morgan fingerprint density at radius 1 is 1.00 bits per heavy atom. The van der Waals surface area contributed by atoms with Gasteiger partial charge in [-0.05, 0) is 49.7 Å². The maximum Gasteiger partial charge on any atom is 0.251 e. The van der Waals surface area contributed by atoms with Crippen molar-refractivity contribution in [1.29, 1.82) is 0 Å². The maximum absolute atomic E-state index is 12.2. The second-order valence-electron chi connectivity index (χ2n) is 5.43. The smallest absolute Gasteiger partial charge is 0.251 e. The summed E-state index contributed by atoms with van der Waals surface area (Å²) in [5, 5.41) is 5.43. The van der Waals surface area contributed by atoms with E-state index < -0.39 is 6.04 Å². The van der Waals surface area contributed by atoms with E-state index in [-0.39, 0.29) is 11.8 Å². The van der Waals surface area contributed by atoms with Crippen LogP contribution in [0.1, 0.15) is 30.6 Å². The summed E-state index contributed by atoms with van der Waals surface area (Å²) in [5.41, 5.74) is 0.477. The van der Waals surface area contributed by atoms with Crippen molar-refractivity contribution in [2.45, 2.75) is 26.3 Å². The molecule has 0 aliphatic rings. The zero-order chi connectivity index (χ0) is 17.4. The first kappa shape index (κ1) is 17.5. The summed E-state index contributed by atoms with van der Waals surface area (Å²) in [7, 11) is 0. The molecule has 126 valence electrons. The minimum absolute atomic E-state index is 0.186. The minimum atomic E-state index is -0.579. The molecule has 0 spiro atoms. The highest BCUT2D eigenvalue weighted by molar-refractivity contribution is 5.97. The lowest BCUT2D eigenvalue weighted by atomic mass is 10.2. The first-order valence-corrected chi connectivity index (χ1v) is 8.01. The lowest BCUT2D eigenvalue weighted by Crippen LogP contribution is -2.44. The molecule has 2 rings (SSSR count). The molecule has 0 aliphatic carbocycles. The van der Waals surface area contributed by atoms with Crippen LogP contribution in [-0.2, 0) is 4.79 Å². The number of para-hydroxylation sites is 1. The molecule has 5 heteroatoms. The van der Waals surface area contributed by atoms with E-state index >= 15 is 0 Å². The topological polar surface area (TPSA) is 67.4 Å². The summed E-state index contributed by atoms with van der Waals surface area (Å²) in [6, 6.07) is 15.6. The van der Waals surface area contributed by atoms with E-state index in [2.05, 4.69) is 10.6 Å². The molecule has 0 saturated heterocycles. The molecular weight excluding hydrogens is 304 g/mol. The molecule has 0 fully saturated rings. The third-order valence-electron chi connectivity index (χ3n) is 3.39.